The predicted molar refractivity (Wildman–Crippen MR) is 67.0 cm³/mol. The number of carbonyl (C=O) groups excluding carboxylic acids is 1. The molecule has 3 heteroatoms. The Morgan fingerprint density at radius 1 is 1.41 bits per heavy atom. The summed E-state index contributed by atoms with van der Waals surface area (Å²) >= 11 is 0. The minimum atomic E-state index is -0.162. The smallest absolute Gasteiger partial charge is 0.170 e. The van der Waals surface area contributed by atoms with Gasteiger partial charge in [0.15, 0.2) is 5.78 Å². The summed E-state index contributed by atoms with van der Waals surface area (Å²) in [6.07, 6.45) is 7.91. The lowest BCUT2D eigenvalue weighted by atomic mass is 9.81. The molecule has 3 rings (SSSR count). The third kappa shape index (κ3) is 1.57. The molecular formula is C14H16N2O. The maximum atomic E-state index is 12.6. The van der Waals surface area contributed by atoms with Crippen LogP contribution in [0.2, 0.25) is 0 Å². The first kappa shape index (κ1) is 10.5. The van der Waals surface area contributed by atoms with Crippen molar-refractivity contribution in [2.75, 3.05) is 0 Å². The highest BCUT2D eigenvalue weighted by molar-refractivity contribution is 6.09. The third-order valence-electron chi connectivity index (χ3n) is 3.95. The number of fused-ring (bicyclic) bond motifs is 1. The average molecular weight is 228 g/mol. The van der Waals surface area contributed by atoms with Gasteiger partial charge in [-0.05, 0) is 25.0 Å². The summed E-state index contributed by atoms with van der Waals surface area (Å²) in [6.45, 7) is 2.09. The van der Waals surface area contributed by atoms with E-state index in [1.807, 2.05) is 18.3 Å². The standard InChI is InChI=1S/C14H16N2O/c1-14(6-2-3-7-14)12(17)11-9-16-13-10(11)5-4-8-15-13/h4-5,8-9H,2-3,6-7H2,1H3,(H,15,16). The lowest BCUT2D eigenvalue weighted by Gasteiger charge is -2.21. The van der Waals surface area contributed by atoms with Gasteiger partial charge in [-0.3, -0.25) is 4.79 Å². The van der Waals surface area contributed by atoms with Crippen LogP contribution >= 0.6 is 0 Å². The Balaban J connectivity index is 2.07. The van der Waals surface area contributed by atoms with Gasteiger partial charge >= 0.3 is 0 Å². The Hall–Kier alpha value is -1.64. The fraction of sp³-hybridized carbons (Fsp3) is 0.429. The van der Waals surface area contributed by atoms with E-state index in [9.17, 15) is 4.79 Å². The zero-order valence-corrected chi connectivity index (χ0v) is 9.99. The molecule has 0 aliphatic heterocycles. The van der Waals surface area contributed by atoms with E-state index >= 15 is 0 Å². The highest BCUT2D eigenvalue weighted by atomic mass is 16.1. The predicted octanol–water partition coefficient (Wildman–Crippen LogP) is 3.33. The number of aromatic amines is 1. The van der Waals surface area contributed by atoms with Gasteiger partial charge in [-0.1, -0.05) is 19.8 Å². The van der Waals surface area contributed by atoms with Crippen molar-refractivity contribution in [3.05, 3.63) is 30.1 Å². The van der Waals surface area contributed by atoms with Gasteiger partial charge < -0.3 is 4.98 Å². The number of nitrogens with zero attached hydrogens (tertiary/aromatic N) is 1. The summed E-state index contributed by atoms with van der Waals surface area (Å²) in [5, 5.41) is 0.950. The molecule has 1 N–H and O–H groups in total. The Labute approximate surface area is 100 Å². The first-order valence-corrected chi connectivity index (χ1v) is 6.18. The summed E-state index contributed by atoms with van der Waals surface area (Å²) in [7, 11) is 0. The number of hydrogen-bond acceptors (Lipinski definition) is 2. The van der Waals surface area contributed by atoms with Crippen LogP contribution in [0.3, 0.4) is 0 Å². The van der Waals surface area contributed by atoms with Gasteiger partial charge in [0.25, 0.3) is 0 Å². The number of Topliss-reactive ketones (excluding diaryl/α,β-unsaturated/α-hetero) is 1. The fourth-order valence-corrected chi connectivity index (χ4v) is 2.85. The average Bonchev–Trinajstić information content (AvgIpc) is 2.95. The van der Waals surface area contributed by atoms with Crippen molar-refractivity contribution in [2.45, 2.75) is 32.6 Å². The van der Waals surface area contributed by atoms with Crippen molar-refractivity contribution in [1.29, 1.82) is 0 Å². The van der Waals surface area contributed by atoms with Gasteiger partial charge in [0, 0.05) is 28.8 Å². The minimum absolute atomic E-state index is 0.162. The largest absolute Gasteiger partial charge is 0.345 e. The lowest BCUT2D eigenvalue weighted by Crippen LogP contribution is -2.24. The van der Waals surface area contributed by atoms with E-state index in [1.54, 1.807) is 6.20 Å². The monoisotopic (exact) mass is 228 g/mol. The molecule has 0 spiro atoms. The number of rotatable bonds is 2. The van der Waals surface area contributed by atoms with Crippen LogP contribution in [0.25, 0.3) is 11.0 Å². The minimum Gasteiger partial charge on any atom is -0.345 e. The molecule has 1 fully saturated rings. The number of pyridine rings is 1. The maximum absolute atomic E-state index is 12.6. The highest BCUT2D eigenvalue weighted by Gasteiger charge is 2.37. The summed E-state index contributed by atoms with van der Waals surface area (Å²) in [5.74, 6) is 0.272. The van der Waals surface area contributed by atoms with Gasteiger partial charge in [0.05, 0.1) is 0 Å². The molecule has 2 aromatic heterocycles. The van der Waals surface area contributed by atoms with Crippen LogP contribution in [-0.2, 0) is 0 Å². The molecule has 17 heavy (non-hydrogen) atoms. The van der Waals surface area contributed by atoms with Crippen molar-refractivity contribution in [3.8, 4) is 0 Å². The Bertz CT molecular complexity index is 564. The molecule has 0 radical (unpaired) electrons. The van der Waals surface area contributed by atoms with E-state index in [2.05, 4.69) is 16.9 Å². The van der Waals surface area contributed by atoms with Crippen LogP contribution < -0.4 is 0 Å². The molecule has 0 saturated heterocycles. The normalized spacial score (nSPS) is 18.6. The molecule has 1 aliphatic carbocycles. The zero-order valence-electron chi connectivity index (χ0n) is 9.99. The van der Waals surface area contributed by atoms with Gasteiger partial charge in [0.2, 0.25) is 0 Å². The maximum Gasteiger partial charge on any atom is 0.170 e. The molecule has 1 aliphatic rings. The zero-order chi connectivity index (χ0) is 11.9. The van der Waals surface area contributed by atoms with Gasteiger partial charge in [-0.15, -0.1) is 0 Å². The van der Waals surface area contributed by atoms with Crippen molar-refractivity contribution >= 4 is 16.8 Å². The van der Waals surface area contributed by atoms with E-state index in [4.69, 9.17) is 0 Å². The van der Waals surface area contributed by atoms with E-state index in [0.29, 0.717) is 0 Å². The third-order valence-corrected chi connectivity index (χ3v) is 3.95. The van der Waals surface area contributed by atoms with Crippen LogP contribution in [-0.4, -0.2) is 15.8 Å². The number of ketones is 1. The van der Waals surface area contributed by atoms with E-state index < -0.39 is 0 Å². The lowest BCUT2D eigenvalue weighted by molar-refractivity contribution is 0.0825. The van der Waals surface area contributed by atoms with Gasteiger partial charge in [-0.2, -0.15) is 0 Å². The fourth-order valence-electron chi connectivity index (χ4n) is 2.85. The molecule has 0 aromatic carbocycles. The summed E-state index contributed by atoms with van der Waals surface area (Å²) in [5.41, 5.74) is 1.44. The molecule has 2 heterocycles. The summed E-state index contributed by atoms with van der Waals surface area (Å²) < 4.78 is 0. The molecule has 0 bridgehead atoms. The molecule has 2 aromatic rings. The van der Waals surface area contributed by atoms with Gasteiger partial charge in [0.1, 0.15) is 5.65 Å². The highest BCUT2D eigenvalue weighted by Crippen LogP contribution is 2.41. The number of nitrogens with one attached hydrogen (secondary N) is 1. The number of hydrogen-bond donors (Lipinski definition) is 1. The quantitative estimate of drug-likeness (QED) is 0.801. The molecular weight excluding hydrogens is 212 g/mol. The van der Waals surface area contributed by atoms with E-state index in [-0.39, 0.29) is 11.2 Å². The van der Waals surface area contributed by atoms with Crippen LogP contribution in [0, 0.1) is 5.41 Å². The second-order valence-electron chi connectivity index (χ2n) is 5.20. The molecule has 1 saturated carbocycles. The van der Waals surface area contributed by atoms with E-state index in [1.165, 1.54) is 12.8 Å². The summed E-state index contributed by atoms with van der Waals surface area (Å²) in [4.78, 5) is 19.9. The molecule has 3 nitrogen and oxygen atoms in total. The topological polar surface area (TPSA) is 45.8 Å². The molecule has 88 valence electrons. The number of H-pyrrole nitrogens is 1. The molecule has 0 amide bonds. The SMILES string of the molecule is CC1(C(=O)c2c[nH]c3ncccc23)CCCC1. The van der Waals surface area contributed by atoms with Gasteiger partial charge in [-0.25, -0.2) is 4.98 Å². The van der Waals surface area contributed by atoms with Crippen LogP contribution in [0.5, 0.6) is 0 Å². The van der Waals surface area contributed by atoms with Crippen LogP contribution in [0.15, 0.2) is 24.5 Å². The number of aromatic nitrogens is 2. The van der Waals surface area contributed by atoms with Crippen LogP contribution in [0.4, 0.5) is 0 Å². The van der Waals surface area contributed by atoms with Crippen molar-refractivity contribution in [2.24, 2.45) is 5.41 Å². The van der Waals surface area contributed by atoms with Crippen molar-refractivity contribution < 1.29 is 4.79 Å². The second kappa shape index (κ2) is 3.69. The van der Waals surface area contributed by atoms with E-state index in [0.717, 1.165) is 29.4 Å². The van der Waals surface area contributed by atoms with Crippen molar-refractivity contribution in [3.63, 3.8) is 0 Å². The number of carbonyl (C=O) groups is 1. The van der Waals surface area contributed by atoms with Crippen LogP contribution in [0.1, 0.15) is 43.0 Å². The molecule has 0 atom stereocenters. The van der Waals surface area contributed by atoms with Crippen molar-refractivity contribution in [1.82, 2.24) is 9.97 Å². The Morgan fingerprint density at radius 3 is 2.94 bits per heavy atom. The first-order chi connectivity index (χ1) is 8.21. The Kier molecular flexibility index (Phi) is 2.28. The Morgan fingerprint density at radius 2 is 2.18 bits per heavy atom. The second-order valence-corrected chi connectivity index (χ2v) is 5.20. The first-order valence-electron chi connectivity index (χ1n) is 6.18. The summed E-state index contributed by atoms with van der Waals surface area (Å²) in [6, 6.07) is 3.84. The molecule has 0 unspecified atom stereocenters.